The van der Waals surface area contributed by atoms with E-state index in [1.54, 1.807) is 11.6 Å². The number of fused-ring (bicyclic) bond motifs is 1. The molecule has 0 saturated heterocycles. The Bertz CT molecular complexity index is 1010. The number of hydrogen-bond acceptors (Lipinski definition) is 5. The third-order valence-electron chi connectivity index (χ3n) is 3.94. The normalized spacial score (nSPS) is 10.8. The Morgan fingerprint density at radius 2 is 1.64 bits per heavy atom. The molecule has 2 aromatic heterocycles. The molecular weight excluding hydrogens is 314 g/mol. The number of ether oxygens (including phenoxy) is 1. The summed E-state index contributed by atoms with van der Waals surface area (Å²) < 4.78 is 6.93. The fourth-order valence-electron chi connectivity index (χ4n) is 2.56. The molecule has 0 saturated carbocycles. The number of nitrogens with one attached hydrogen (secondary N) is 1. The van der Waals surface area contributed by atoms with Crippen LogP contribution in [-0.4, -0.2) is 26.9 Å². The Hall–Kier alpha value is -3.41. The fourth-order valence-corrected chi connectivity index (χ4v) is 2.56. The Labute approximate surface area is 145 Å². The molecule has 0 aliphatic rings. The molecule has 0 spiro atoms. The van der Waals surface area contributed by atoms with Gasteiger partial charge in [0, 0.05) is 11.3 Å². The molecule has 0 atom stereocenters. The van der Waals surface area contributed by atoms with Gasteiger partial charge in [0.15, 0.2) is 17.3 Å². The van der Waals surface area contributed by atoms with E-state index in [1.165, 1.54) is 5.56 Å². The van der Waals surface area contributed by atoms with E-state index in [1.807, 2.05) is 48.5 Å². The summed E-state index contributed by atoms with van der Waals surface area (Å²) in [4.78, 5) is 0. The van der Waals surface area contributed by atoms with Crippen molar-refractivity contribution in [2.24, 2.45) is 0 Å². The summed E-state index contributed by atoms with van der Waals surface area (Å²) in [5, 5.41) is 16.4. The maximum absolute atomic E-state index is 5.20. The van der Waals surface area contributed by atoms with E-state index in [0.29, 0.717) is 11.5 Å². The highest BCUT2D eigenvalue weighted by molar-refractivity contribution is 5.62. The molecule has 6 nitrogen and oxygen atoms in total. The second kappa shape index (κ2) is 6.24. The first-order valence-corrected chi connectivity index (χ1v) is 7.93. The summed E-state index contributed by atoms with van der Waals surface area (Å²) >= 11 is 0. The average Bonchev–Trinajstić information content (AvgIpc) is 3.07. The largest absolute Gasteiger partial charge is 0.497 e. The maximum atomic E-state index is 5.20. The molecule has 2 aromatic carbocycles. The number of anilines is 2. The van der Waals surface area contributed by atoms with Crippen LogP contribution in [0.1, 0.15) is 5.56 Å². The summed E-state index contributed by atoms with van der Waals surface area (Å²) in [6.07, 6.45) is 0. The monoisotopic (exact) mass is 331 g/mol. The first-order chi connectivity index (χ1) is 12.2. The van der Waals surface area contributed by atoms with Crippen molar-refractivity contribution in [1.82, 2.24) is 19.8 Å². The number of methoxy groups -OCH3 is 1. The van der Waals surface area contributed by atoms with E-state index >= 15 is 0 Å². The van der Waals surface area contributed by atoms with Crippen molar-refractivity contribution in [2.75, 3.05) is 12.4 Å². The summed E-state index contributed by atoms with van der Waals surface area (Å²) in [7, 11) is 1.64. The summed E-state index contributed by atoms with van der Waals surface area (Å²) in [5.41, 5.74) is 3.82. The Balaban J connectivity index is 1.70. The van der Waals surface area contributed by atoms with E-state index < -0.39 is 0 Å². The van der Waals surface area contributed by atoms with Crippen molar-refractivity contribution in [1.29, 1.82) is 0 Å². The van der Waals surface area contributed by atoms with Crippen LogP contribution >= 0.6 is 0 Å². The first kappa shape index (κ1) is 15.1. The minimum atomic E-state index is 0.685. The lowest BCUT2D eigenvalue weighted by Crippen LogP contribution is -2.00. The molecule has 4 rings (SSSR count). The van der Waals surface area contributed by atoms with Gasteiger partial charge in [-0.05, 0) is 55.5 Å². The van der Waals surface area contributed by atoms with Gasteiger partial charge in [-0.1, -0.05) is 17.7 Å². The third-order valence-corrected chi connectivity index (χ3v) is 3.94. The number of nitrogens with zero attached hydrogens (tertiary/aromatic N) is 4. The van der Waals surface area contributed by atoms with Crippen molar-refractivity contribution >= 4 is 17.2 Å². The molecule has 6 heteroatoms. The van der Waals surface area contributed by atoms with E-state index in [2.05, 4.69) is 39.7 Å². The summed E-state index contributed by atoms with van der Waals surface area (Å²) in [5.74, 6) is 2.21. The van der Waals surface area contributed by atoms with Crippen molar-refractivity contribution in [2.45, 2.75) is 6.92 Å². The number of aromatic nitrogens is 4. The van der Waals surface area contributed by atoms with Gasteiger partial charge < -0.3 is 10.1 Å². The number of hydrogen-bond donors (Lipinski definition) is 1. The van der Waals surface area contributed by atoms with Crippen molar-refractivity contribution < 1.29 is 4.74 Å². The van der Waals surface area contributed by atoms with Crippen LogP contribution in [0.2, 0.25) is 0 Å². The lowest BCUT2D eigenvalue weighted by Gasteiger charge is -2.07. The second-order valence-corrected chi connectivity index (χ2v) is 5.73. The van der Waals surface area contributed by atoms with Crippen LogP contribution in [0.25, 0.3) is 17.0 Å². The number of aryl methyl sites for hydroxylation is 1. The van der Waals surface area contributed by atoms with Gasteiger partial charge in [0.05, 0.1) is 7.11 Å². The SMILES string of the molecule is COc1ccc(-c2nnc3ccc(Nc4ccc(C)cc4)nn23)cc1. The molecule has 1 N–H and O–H groups in total. The van der Waals surface area contributed by atoms with Crippen LogP contribution in [0.3, 0.4) is 0 Å². The molecule has 0 radical (unpaired) electrons. The molecular formula is C19H17N5O. The smallest absolute Gasteiger partial charge is 0.185 e. The Kier molecular flexibility index (Phi) is 3.78. The highest BCUT2D eigenvalue weighted by atomic mass is 16.5. The molecule has 0 fully saturated rings. The van der Waals surface area contributed by atoms with Crippen molar-refractivity contribution in [3.63, 3.8) is 0 Å². The third kappa shape index (κ3) is 3.01. The summed E-state index contributed by atoms with van der Waals surface area (Å²) in [6.45, 7) is 2.06. The van der Waals surface area contributed by atoms with Crippen LogP contribution in [-0.2, 0) is 0 Å². The standard InChI is InChI=1S/C19H17N5O/c1-13-3-7-15(8-4-13)20-17-11-12-18-21-22-19(24(18)23-17)14-5-9-16(25-2)10-6-14/h3-12H,1-2H3,(H,20,23). The van der Waals surface area contributed by atoms with E-state index in [4.69, 9.17) is 4.74 Å². The molecule has 2 heterocycles. The summed E-state index contributed by atoms with van der Waals surface area (Å²) in [6, 6.07) is 19.6. The van der Waals surface area contributed by atoms with Gasteiger partial charge in [-0.25, -0.2) is 0 Å². The van der Waals surface area contributed by atoms with E-state index in [-0.39, 0.29) is 0 Å². The molecule has 0 aliphatic heterocycles. The van der Waals surface area contributed by atoms with E-state index in [9.17, 15) is 0 Å². The van der Waals surface area contributed by atoms with Crippen molar-refractivity contribution in [3.8, 4) is 17.1 Å². The van der Waals surface area contributed by atoms with Crippen LogP contribution in [0.15, 0.2) is 60.7 Å². The number of rotatable bonds is 4. The fraction of sp³-hybridized carbons (Fsp3) is 0.105. The van der Waals surface area contributed by atoms with Gasteiger partial charge in [0.2, 0.25) is 0 Å². The van der Waals surface area contributed by atoms with Gasteiger partial charge in [0.25, 0.3) is 0 Å². The first-order valence-electron chi connectivity index (χ1n) is 7.93. The zero-order chi connectivity index (χ0) is 17.2. The highest BCUT2D eigenvalue weighted by Crippen LogP contribution is 2.22. The lowest BCUT2D eigenvalue weighted by atomic mass is 10.2. The minimum absolute atomic E-state index is 0.685. The molecule has 4 aromatic rings. The topological polar surface area (TPSA) is 64.3 Å². The molecule has 0 bridgehead atoms. The van der Waals surface area contributed by atoms with Crippen LogP contribution in [0.5, 0.6) is 5.75 Å². The van der Waals surface area contributed by atoms with Crippen LogP contribution < -0.4 is 10.1 Å². The predicted octanol–water partition coefficient (Wildman–Crippen LogP) is 3.85. The number of benzene rings is 2. The van der Waals surface area contributed by atoms with Crippen molar-refractivity contribution in [3.05, 3.63) is 66.2 Å². The van der Waals surface area contributed by atoms with Gasteiger partial charge in [-0.15, -0.1) is 15.3 Å². The molecule has 0 aliphatic carbocycles. The van der Waals surface area contributed by atoms with Gasteiger partial charge in [-0.3, -0.25) is 0 Å². The molecule has 0 amide bonds. The minimum Gasteiger partial charge on any atom is -0.497 e. The Morgan fingerprint density at radius 3 is 2.36 bits per heavy atom. The van der Waals surface area contributed by atoms with Gasteiger partial charge >= 0.3 is 0 Å². The molecule has 124 valence electrons. The van der Waals surface area contributed by atoms with Gasteiger partial charge in [-0.2, -0.15) is 4.52 Å². The lowest BCUT2D eigenvalue weighted by molar-refractivity contribution is 0.415. The Morgan fingerprint density at radius 1 is 0.880 bits per heavy atom. The molecule has 0 unspecified atom stereocenters. The van der Waals surface area contributed by atoms with Crippen LogP contribution in [0.4, 0.5) is 11.5 Å². The van der Waals surface area contributed by atoms with E-state index in [0.717, 1.165) is 22.8 Å². The zero-order valence-corrected chi connectivity index (χ0v) is 14.0. The quantitative estimate of drug-likeness (QED) is 0.615. The maximum Gasteiger partial charge on any atom is 0.185 e. The van der Waals surface area contributed by atoms with Crippen LogP contribution in [0, 0.1) is 6.92 Å². The zero-order valence-electron chi connectivity index (χ0n) is 14.0. The second-order valence-electron chi connectivity index (χ2n) is 5.73. The average molecular weight is 331 g/mol. The molecule has 25 heavy (non-hydrogen) atoms. The predicted molar refractivity (Wildman–Crippen MR) is 97.2 cm³/mol. The van der Waals surface area contributed by atoms with Gasteiger partial charge in [0.1, 0.15) is 5.75 Å². The highest BCUT2D eigenvalue weighted by Gasteiger charge is 2.10.